The molecule has 0 heterocycles. The van der Waals surface area contributed by atoms with Crippen molar-refractivity contribution >= 4 is 17.4 Å². The van der Waals surface area contributed by atoms with Crippen molar-refractivity contribution in [1.82, 2.24) is 0 Å². The molecule has 0 N–H and O–H groups in total. The maximum atomic E-state index is 12.2. The van der Waals surface area contributed by atoms with Gasteiger partial charge in [-0.2, -0.15) is 13.2 Å². The van der Waals surface area contributed by atoms with Crippen LogP contribution >= 0.6 is 11.8 Å². The van der Waals surface area contributed by atoms with E-state index in [0.29, 0.717) is 11.1 Å². The van der Waals surface area contributed by atoms with E-state index in [-0.39, 0.29) is 22.3 Å². The quantitative estimate of drug-likeness (QED) is 0.445. The minimum absolute atomic E-state index is 0.0134. The molecule has 0 saturated heterocycles. The maximum Gasteiger partial charge on any atom is 0.446 e. The molecule has 0 amide bonds. The van der Waals surface area contributed by atoms with Crippen molar-refractivity contribution in [2.75, 3.05) is 0 Å². The number of non-ortho nitro benzene ring substituents is 1. The molecule has 0 bridgehead atoms. The van der Waals surface area contributed by atoms with Crippen molar-refractivity contribution in [3.8, 4) is 11.1 Å². The zero-order valence-corrected chi connectivity index (χ0v) is 11.7. The molecule has 2 aromatic rings. The van der Waals surface area contributed by atoms with E-state index in [1.807, 2.05) is 0 Å². The van der Waals surface area contributed by atoms with Crippen molar-refractivity contribution in [3.05, 3.63) is 58.1 Å². The Kier molecular flexibility index (Phi) is 4.22. The number of aryl methyl sites for hydroxylation is 1. The van der Waals surface area contributed by atoms with Crippen molar-refractivity contribution in [1.29, 1.82) is 0 Å². The normalized spacial score (nSPS) is 11.4. The number of nitro groups is 1. The lowest BCUT2D eigenvalue weighted by atomic mass is 10.0. The van der Waals surface area contributed by atoms with E-state index in [1.165, 1.54) is 24.3 Å². The van der Waals surface area contributed by atoms with Crippen LogP contribution in [0.3, 0.4) is 0 Å². The molecule has 7 heteroatoms. The van der Waals surface area contributed by atoms with E-state index in [9.17, 15) is 23.3 Å². The molecule has 0 radical (unpaired) electrons. The first-order valence-corrected chi connectivity index (χ1v) is 6.69. The Labute approximate surface area is 122 Å². The van der Waals surface area contributed by atoms with Crippen molar-refractivity contribution in [2.24, 2.45) is 0 Å². The van der Waals surface area contributed by atoms with Crippen LogP contribution in [0.15, 0.2) is 47.4 Å². The molecule has 0 unspecified atom stereocenters. The molecule has 0 aliphatic rings. The minimum atomic E-state index is -4.31. The summed E-state index contributed by atoms with van der Waals surface area (Å²) in [7, 11) is 0. The lowest BCUT2D eigenvalue weighted by molar-refractivity contribution is -0.384. The Balaban J connectivity index is 2.29. The number of rotatable bonds is 3. The van der Waals surface area contributed by atoms with E-state index in [0.717, 1.165) is 5.56 Å². The van der Waals surface area contributed by atoms with E-state index < -0.39 is 10.4 Å². The molecular weight excluding hydrogens is 303 g/mol. The number of nitro benzene ring substituents is 1. The van der Waals surface area contributed by atoms with Gasteiger partial charge in [0, 0.05) is 17.0 Å². The zero-order chi connectivity index (χ0) is 15.6. The fourth-order valence-corrected chi connectivity index (χ4v) is 2.46. The highest BCUT2D eigenvalue weighted by Gasteiger charge is 2.29. The van der Waals surface area contributed by atoms with Crippen LogP contribution in [-0.2, 0) is 0 Å². The third-order valence-corrected chi connectivity index (χ3v) is 3.56. The fraction of sp³-hybridized carbons (Fsp3) is 0.143. The van der Waals surface area contributed by atoms with Crippen LogP contribution in [0.5, 0.6) is 0 Å². The van der Waals surface area contributed by atoms with E-state index in [1.54, 1.807) is 25.1 Å². The predicted molar refractivity (Wildman–Crippen MR) is 75.2 cm³/mol. The molecule has 0 aliphatic carbocycles. The van der Waals surface area contributed by atoms with Gasteiger partial charge in [-0.05, 0) is 53.6 Å². The average molecular weight is 313 g/mol. The Hall–Kier alpha value is -2.02. The Bertz CT molecular complexity index is 669. The van der Waals surface area contributed by atoms with Gasteiger partial charge in [-0.3, -0.25) is 10.1 Å². The standard InChI is InChI=1S/C14H10F3NO2S/c1-9-8-11(18(19)20)4-7-13(9)10-2-5-12(6-3-10)21-14(15,16)17/h2-8H,1H3. The molecule has 110 valence electrons. The number of nitrogens with zero attached hydrogens (tertiary/aromatic N) is 1. The third kappa shape index (κ3) is 3.98. The summed E-state index contributed by atoms with van der Waals surface area (Å²) in [5.74, 6) is 0. The number of alkyl halides is 3. The first-order chi connectivity index (χ1) is 9.76. The first kappa shape index (κ1) is 15.4. The summed E-state index contributed by atoms with van der Waals surface area (Å²) < 4.78 is 36.7. The highest BCUT2D eigenvalue weighted by Crippen LogP contribution is 2.37. The number of hydrogen-bond acceptors (Lipinski definition) is 3. The number of halogens is 3. The Morgan fingerprint density at radius 1 is 1.10 bits per heavy atom. The maximum absolute atomic E-state index is 12.2. The summed E-state index contributed by atoms with van der Waals surface area (Å²) in [5.41, 5.74) is -2.16. The SMILES string of the molecule is Cc1cc([N+](=O)[O-])ccc1-c1ccc(SC(F)(F)F)cc1. The largest absolute Gasteiger partial charge is 0.446 e. The summed E-state index contributed by atoms with van der Waals surface area (Å²) in [6.07, 6.45) is 0. The monoisotopic (exact) mass is 313 g/mol. The summed E-state index contributed by atoms with van der Waals surface area (Å²) in [5, 5.41) is 10.7. The second-order valence-electron chi connectivity index (χ2n) is 4.33. The molecule has 21 heavy (non-hydrogen) atoms. The van der Waals surface area contributed by atoms with Crippen LogP contribution in [0.1, 0.15) is 5.56 Å². The van der Waals surface area contributed by atoms with Crippen LogP contribution in [0.25, 0.3) is 11.1 Å². The summed E-state index contributed by atoms with van der Waals surface area (Å²) in [4.78, 5) is 10.3. The fourth-order valence-electron chi connectivity index (χ4n) is 1.92. The molecule has 2 aromatic carbocycles. The van der Waals surface area contributed by atoms with Gasteiger partial charge in [0.2, 0.25) is 0 Å². The smallest absolute Gasteiger partial charge is 0.258 e. The zero-order valence-electron chi connectivity index (χ0n) is 10.8. The highest BCUT2D eigenvalue weighted by molar-refractivity contribution is 8.00. The second-order valence-corrected chi connectivity index (χ2v) is 5.47. The first-order valence-electron chi connectivity index (χ1n) is 5.87. The van der Waals surface area contributed by atoms with Gasteiger partial charge in [-0.25, -0.2) is 0 Å². The van der Waals surface area contributed by atoms with Crippen molar-refractivity contribution in [3.63, 3.8) is 0 Å². The minimum Gasteiger partial charge on any atom is -0.258 e. The molecule has 0 spiro atoms. The average Bonchev–Trinajstić information content (AvgIpc) is 2.38. The van der Waals surface area contributed by atoms with E-state index in [4.69, 9.17) is 0 Å². The Morgan fingerprint density at radius 2 is 1.71 bits per heavy atom. The summed E-state index contributed by atoms with van der Waals surface area (Å²) >= 11 is -0.174. The van der Waals surface area contributed by atoms with Gasteiger partial charge in [-0.15, -0.1) is 0 Å². The Morgan fingerprint density at radius 3 is 2.19 bits per heavy atom. The highest BCUT2D eigenvalue weighted by atomic mass is 32.2. The second kappa shape index (κ2) is 5.77. The molecule has 0 aliphatic heterocycles. The van der Waals surface area contributed by atoms with E-state index in [2.05, 4.69) is 0 Å². The lowest BCUT2D eigenvalue weighted by Crippen LogP contribution is -1.98. The van der Waals surface area contributed by atoms with Crippen LogP contribution < -0.4 is 0 Å². The van der Waals surface area contributed by atoms with Crippen molar-refractivity contribution in [2.45, 2.75) is 17.3 Å². The number of thioether (sulfide) groups is 1. The summed E-state index contributed by atoms with van der Waals surface area (Å²) in [6, 6.07) is 10.3. The van der Waals surface area contributed by atoms with Gasteiger partial charge >= 0.3 is 5.51 Å². The molecule has 2 rings (SSSR count). The van der Waals surface area contributed by atoms with Gasteiger partial charge in [0.1, 0.15) is 0 Å². The van der Waals surface area contributed by atoms with Crippen molar-refractivity contribution < 1.29 is 18.1 Å². The number of benzene rings is 2. The molecule has 0 saturated carbocycles. The van der Waals surface area contributed by atoms with Crippen LogP contribution in [0.2, 0.25) is 0 Å². The van der Waals surface area contributed by atoms with E-state index >= 15 is 0 Å². The summed E-state index contributed by atoms with van der Waals surface area (Å²) in [6.45, 7) is 1.72. The predicted octanol–water partition coefficient (Wildman–Crippen LogP) is 5.18. The molecule has 3 nitrogen and oxygen atoms in total. The van der Waals surface area contributed by atoms with Gasteiger partial charge in [0.15, 0.2) is 0 Å². The van der Waals surface area contributed by atoms with Gasteiger partial charge < -0.3 is 0 Å². The van der Waals surface area contributed by atoms with Crippen LogP contribution in [0, 0.1) is 17.0 Å². The van der Waals surface area contributed by atoms with Crippen LogP contribution in [0.4, 0.5) is 18.9 Å². The number of hydrogen-bond donors (Lipinski definition) is 0. The molecule has 0 aromatic heterocycles. The molecule has 0 fully saturated rings. The lowest BCUT2D eigenvalue weighted by Gasteiger charge is -2.08. The topological polar surface area (TPSA) is 43.1 Å². The molecule has 0 atom stereocenters. The van der Waals surface area contributed by atoms with Crippen LogP contribution in [-0.4, -0.2) is 10.4 Å². The van der Waals surface area contributed by atoms with Gasteiger partial charge in [0.25, 0.3) is 5.69 Å². The van der Waals surface area contributed by atoms with Gasteiger partial charge in [-0.1, -0.05) is 12.1 Å². The van der Waals surface area contributed by atoms with Gasteiger partial charge in [0.05, 0.1) is 4.92 Å². The molecular formula is C14H10F3NO2S. The third-order valence-electron chi connectivity index (χ3n) is 2.82.